The van der Waals surface area contributed by atoms with Gasteiger partial charge >= 0.3 is 0 Å². The normalized spacial score (nSPS) is 13.3. The molecule has 0 bridgehead atoms. The molecule has 2 aromatic heterocycles. The Morgan fingerprint density at radius 3 is 2.94 bits per heavy atom. The topological polar surface area (TPSA) is 85.0 Å². The lowest BCUT2D eigenvalue weighted by Crippen LogP contribution is -2.33. The zero-order valence-corrected chi connectivity index (χ0v) is 10.6. The maximum absolute atomic E-state index is 11.5. The fraction of sp³-hybridized carbons (Fsp3) is 0.500. The van der Waals surface area contributed by atoms with Crippen molar-refractivity contribution in [1.29, 1.82) is 0 Å². The van der Waals surface area contributed by atoms with E-state index in [-0.39, 0.29) is 18.2 Å². The quantitative estimate of drug-likeness (QED) is 0.719. The molecule has 0 aliphatic rings. The molecule has 6 nitrogen and oxygen atoms in total. The summed E-state index contributed by atoms with van der Waals surface area (Å²) in [6, 6.07) is 0.122. The van der Waals surface area contributed by atoms with Gasteiger partial charge in [-0.25, -0.2) is 4.98 Å². The number of aromatic nitrogens is 3. The summed E-state index contributed by atoms with van der Waals surface area (Å²) in [5, 5.41) is 9.26. The van der Waals surface area contributed by atoms with Crippen LogP contribution < -0.4 is 5.56 Å². The molecule has 0 spiro atoms. The Bertz CT molecular complexity index is 571. The van der Waals surface area contributed by atoms with Crippen LogP contribution in [0.2, 0.25) is 0 Å². The van der Waals surface area contributed by atoms with E-state index < -0.39 is 0 Å². The first-order valence-corrected chi connectivity index (χ1v) is 6.02. The number of hydrogen-bond acceptors (Lipinski definition) is 4. The first-order valence-electron chi connectivity index (χ1n) is 6.02. The molecule has 0 unspecified atom stereocenters. The molecule has 0 radical (unpaired) electrons. The Morgan fingerprint density at radius 2 is 2.28 bits per heavy atom. The Labute approximate surface area is 105 Å². The number of H-pyrrole nitrogens is 2. The number of rotatable bonds is 5. The predicted molar refractivity (Wildman–Crippen MR) is 69.3 cm³/mol. The van der Waals surface area contributed by atoms with Gasteiger partial charge in [-0.3, -0.25) is 9.69 Å². The highest BCUT2D eigenvalue weighted by Gasteiger charge is 2.15. The molecule has 0 fully saturated rings. The van der Waals surface area contributed by atoms with E-state index in [4.69, 9.17) is 0 Å². The number of fused-ring (bicyclic) bond motifs is 1. The van der Waals surface area contributed by atoms with Crippen molar-refractivity contribution in [2.75, 3.05) is 13.7 Å². The molecule has 98 valence electrons. The summed E-state index contributed by atoms with van der Waals surface area (Å²) in [4.78, 5) is 23.3. The van der Waals surface area contributed by atoms with Crippen LogP contribution in [0.1, 0.15) is 18.9 Å². The van der Waals surface area contributed by atoms with Gasteiger partial charge in [0.25, 0.3) is 5.56 Å². The van der Waals surface area contributed by atoms with E-state index in [1.807, 2.05) is 14.0 Å². The average molecular weight is 250 g/mol. The third-order valence-electron chi connectivity index (χ3n) is 3.27. The third-order valence-corrected chi connectivity index (χ3v) is 3.27. The highest BCUT2D eigenvalue weighted by atomic mass is 16.3. The van der Waals surface area contributed by atoms with E-state index >= 15 is 0 Å². The molecule has 3 N–H and O–H groups in total. The van der Waals surface area contributed by atoms with Crippen LogP contribution in [0.15, 0.2) is 17.3 Å². The Kier molecular flexibility index (Phi) is 3.78. The van der Waals surface area contributed by atoms with Crippen molar-refractivity contribution in [2.24, 2.45) is 0 Å². The molecule has 0 saturated carbocycles. The van der Waals surface area contributed by atoms with Crippen LogP contribution >= 0.6 is 0 Å². The van der Waals surface area contributed by atoms with Gasteiger partial charge in [0.15, 0.2) is 0 Å². The van der Waals surface area contributed by atoms with Gasteiger partial charge in [0.1, 0.15) is 5.52 Å². The molecule has 2 rings (SSSR count). The molecule has 18 heavy (non-hydrogen) atoms. The molecule has 0 aliphatic carbocycles. The minimum Gasteiger partial charge on any atom is -0.395 e. The number of likely N-dealkylation sites (N-methyl/N-ethyl adjacent to an activating group) is 1. The number of aliphatic hydroxyl groups is 1. The van der Waals surface area contributed by atoms with Gasteiger partial charge in [-0.05, 0) is 13.5 Å². The smallest absolute Gasteiger partial charge is 0.275 e. The van der Waals surface area contributed by atoms with Crippen molar-refractivity contribution in [2.45, 2.75) is 25.9 Å². The lowest BCUT2D eigenvalue weighted by molar-refractivity contribution is 0.138. The minimum atomic E-state index is -0.164. The van der Waals surface area contributed by atoms with E-state index in [9.17, 15) is 9.90 Å². The highest BCUT2D eigenvalue weighted by molar-refractivity contribution is 5.77. The standard InChI is InChI=1S/C12H18N4O2/c1-3-9(6-17)16(2)5-8-4-13-11-10(8)14-7-15-12(11)18/h4,7,9,13,17H,3,5-6H2,1-2H3,(H,14,15,18)/t9-/m1/s1. The van der Waals surface area contributed by atoms with Crippen LogP contribution in [0.5, 0.6) is 0 Å². The summed E-state index contributed by atoms with van der Waals surface area (Å²) in [5.41, 5.74) is 1.99. The second-order valence-electron chi connectivity index (χ2n) is 4.43. The van der Waals surface area contributed by atoms with Gasteiger partial charge in [0, 0.05) is 24.3 Å². The molecule has 1 atom stereocenters. The third kappa shape index (κ3) is 2.30. The number of nitrogens with zero attached hydrogens (tertiary/aromatic N) is 2. The minimum absolute atomic E-state index is 0.122. The molecule has 0 saturated heterocycles. The van der Waals surface area contributed by atoms with Crippen molar-refractivity contribution in [3.05, 3.63) is 28.4 Å². The van der Waals surface area contributed by atoms with E-state index in [1.165, 1.54) is 6.33 Å². The van der Waals surface area contributed by atoms with Gasteiger partial charge in [-0.2, -0.15) is 0 Å². The van der Waals surface area contributed by atoms with Crippen LogP contribution in [0, 0.1) is 0 Å². The van der Waals surface area contributed by atoms with E-state index in [0.717, 1.165) is 12.0 Å². The lowest BCUT2D eigenvalue weighted by Gasteiger charge is -2.24. The SMILES string of the molecule is CC[C@H](CO)N(C)Cc1c[nH]c2c(=O)[nH]cnc12. The van der Waals surface area contributed by atoms with Crippen molar-refractivity contribution in [3.63, 3.8) is 0 Å². The first-order chi connectivity index (χ1) is 8.67. The molecule has 0 aliphatic heterocycles. The van der Waals surface area contributed by atoms with Crippen LogP contribution in [0.25, 0.3) is 11.0 Å². The van der Waals surface area contributed by atoms with Crippen molar-refractivity contribution in [1.82, 2.24) is 19.9 Å². The van der Waals surface area contributed by atoms with Crippen molar-refractivity contribution in [3.8, 4) is 0 Å². The van der Waals surface area contributed by atoms with Crippen LogP contribution in [0.4, 0.5) is 0 Å². The summed E-state index contributed by atoms with van der Waals surface area (Å²) in [6.45, 7) is 2.81. The number of hydrogen-bond donors (Lipinski definition) is 3. The van der Waals surface area contributed by atoms with Gasteiger partial charge in [-0.1, -0.05) is 6.92 Å². The monoisotopic (exact) mass is 250 g/mol. The second kappa shape index (κ2) is 5.32. The second-order valence-corrected chi connectivity index (χ2v) is 4.43. The lowest BCUT2D eigenvalue weighted by atomic mass is 10.2. The van der Waals surface area contributed by atoms with Gasteiger partial charge in [0.05, 0.1) is 18.5 Å². The molecule has 2 heterocycles. The van der Waals surface area contributed by atoms with Crippen LogP contribution in [-0.4, -0.2) is 44.7 Å². The molecular formula is C12H18N4O2. The summed E-state index contributed by atoms with van der Waals surface area (Å²) in [7, 11) is 1.95. The first kappa shape index (κ1) is 12.8. The fourth-order valence-corrected chi connectivity index (χ4v) is 2.10. The van der Waals surface area contributed by atoms with Gasteiger partial charge in [-0.15, -0.1) is 0 Å². The Morgan fingerprint density at radius 1 is 1.50 bits per heavy atom. The van der Waals surface area contributed by atoms with E-state index in [0.29, 0.717) is 17.6 Å². The van der Waals surface area contributed by atoms with Gasteiger partial charge < -0.3 is 15.1 Å². The molecule has 0 aromatic carbocycles. The van der Waals surface area contributed by atoms with Crippen molar-refractivity contribution < 1.29 is 5.11 Å². The Hall–Kier alpha value is -1.66. The maximum atomic E-state index is 11.5. The van der Waals surface area contributed by atoms with Crippen molar-refractivity contribution >= 4 is 11.0 Å². The maximum Gasteiger partial charge on any atom is 0.275 e. The van der Waals surface area contributed by atoms with Crippen LogP contribution in [0.3, 0.4) is 0 Å². The predicted octanol–water partition coefficient (Wildman–Crippen LogP) is 0.454. The molecule has 2 aromatic rings. The number of nitrogens with one attached hydrogen (secondary N) is 2. The number of aliphatic hydroxyl groups excluding tert-OH is 1. The zero-order valence-electron chi connectivity index (χ0n) is 10.6. The zero-order chi connectivity index (χ0) is 13.1. The highest BCUT2D eigenvalue weighted by Crippen LogP contribution is 2.15. The summed E-state index contributed by atoms with van der Waals surface area (Å²) in [5.74, 6) is 0. The van der Waals surface area contributed by atoms with Gasteiger partial charge in [0.2, 0.25) is 0 Å². The molecule has 0 amide bonds. The van der Waals surface area contributed by atoms with E-state index in [2.05, 4.69) is 19.9 Å². The average Bonchev–Trinajstić information content (AvgIpc) is 2.76. The summed E-state index contributed by atoms with van der Waals surface area (Å²) >= 11 is 0. The Balaban J connectivity index is 2.27. The molecular weight excluding hydrogens is 232 g/mol. The summed E-state index contributed by atoms with van der Waals surface area (Å²) in [6.07, 6.45) is 4.09. The fourth-order valence-electron chi connectivity index (χ4n) is 2.10. The summed E-state index contributed by atoms with van der Waals surface area (Å²) < 4.78 is 0. The van der Waals surface area contributed by atoms with E-state index in [1.54, 1.807) is 6.20 Å². The number of aromatic amines is 2. The van der Waals surface area contributed by atoms with Crippen LogP contribution in [-0.2, 0) is 6.54 Å². The largest absolute Gasteiger partial charge is 0.395 e. The molecule has 6 heteroatoms.